The monoisotopic (exact) mass is 250 g/mol. The first-order valence-corrected chi connectivity index (χ1v) is 5.87. The molecule has 90 valence electrons. The third-order valence-corrected chi connectivity index (χ3v) is 2.98. The maximum absolute atomic E-state index is 5.96. The largest absolute Gasteiger partial charge is 0.305 e. The Labute approximate surface area is 106 Å². The Bertz CT molecular complexity index is 495. The zero-order valence-electron chi connectivity index (χ0n) is 9.89. The minimum Gasteiger partial charge on any atom is -0.305 e. The van der Waals surface area contributed by atoms with Crippen LogP contribution in [-0.2, 0) is 13.6 Å². The molecule has 0 aliphatic carbocycles. The van der Waals surface area contributed by atoms with Crippen molar-refractivity contribution in [2.24, 2.45) is 7.05 Å². The second-order valence-electron chi connectivity index (χ2n) is 4.01. The molecule has 1 atom stereocenters. The lowest BCUT2D eigenvalue weighted by molar-refractivity contribution is 0.546. The van der Waals surface area contributed by atoms with Gasteiger partial charge in [0, 0.05) is 24.7 Å². The lowest BCUT2D eigenvalue weighted by Gasteiger charge is -2.14. The van der Waals surface area contributed by atoms with E-state index in [1.165, 1.54) is 5.56 Å². The molecular formula is C12H15ClN4. The van der Waals surface area contributed by atoms with Crippen LogP contribution in [-0.4, -0.2) is 15.0 Å². The number of nitrogens with zero attached hydrogens (tertiary/aromatic N) is 3. The number of halogens is 1. The van der Waals surface area contributed by atoms with Crippen molar-refractivity contribution in [3.63, 3.8) is 0 Å². The number of benzene rings is 1. The van der Waals surface area contributed by atoms with Gasteiger partial charge in [-0.2, -0.15) is 0 Å². The molecule has 17 heavy (non-hydrogen) atoms. The van der Waals surface area contributed by atoms with Gasteiger partial charge in [0.2, 0.25) is 0 Å². The fourth-order valence-corrected chi connectivity index (χ4v) is 1.82. The van der Waals surface area contributed by atoms with Crippen LogP contribution in [0.25, 0.3) is 0 Å². The highest BCUT2D eigenvalue weighted by atomic mass is 35.5. The van der Waals surface area contributed by atoms with Crippen LogP contribution < -0.4 is 5.32 Å². The van der Waals surface area contributed by atoms with Gasteiger partial charge < -0.3 is 5.32 Å². The van der Waals surface area contributed by atoms with E-state index >= 15 is 0 Å². The maximum atomic E-state index is 5.96. The molecule has 1 heterocycles. The molecule has 1 N–H and O–H groups in total. The molecule has 0 spiro atoms. The first-order chi connectivity index (χ1) is 8.16. The van der Waals surface area contributed by atoms with Crippen LogP contribution in [0, 0.1) is 0 Å². The summed E-state index contributed by atoms with van der Waals surface area (Å²) in [5.74, 6) is 0. The fraction of sp³-hybridized carbons (Fsp3) is 0.333. The molecular weight excluding hydrogens is 236 g/mol. The van der Waals surface area contributed by atoms with Gasteiger partial charge in [-0.15, -0.1) is 5.10 Å². The second-order valence-corrected chi connectivity index (χ2v) is 4.44. The normalized spacial score (nSPS) is 12.6. The van der Waals surface area contributed by atoms with E-state index in [4.69, 9.17) is 11.6 Å². The van der Waals surface area contributed by atoms with Crippen molar-refractivity contribution < 1.29 is 0 Å². The highest BCUT2D eigenvalue weighted by Gasteiger charge is 2.06. The number of hydrogen-bond acceptors (Lipinski definition) is 3. The lowest BCUT2D eigenvalue weighted by Crippen LogP contribution is -2.19. The Morgan fingerprint density at radius 3 is 2.94 bits per heavy atom. The summed E-state index contributed by atoms with van der Waals surface area (Å²) in [6, 6.07) is 8.11. The minimum absolute atomic E-state index is 0.239. The van der Waals surface area contributed by atoms with E-state index in [0.717, 1.165) is 17.3 Å². The van der Waals surface area contributed by atoms with Gasteiger partial charge in [0.25, 0.3) is 0 Å². The van der Waals surface area contributed by atoms with Gasteiger partial charge in [-0.3, -0.25) is 4.68 Å². The van der Waals surface area contributed by atoms with Crippen LogP contribution in [0.1, 0.15) is 24.2 Å². The summed E-state index contributed by atoms with van der Waals surface area (Å²) in [4.78, 5) is 0. The van der Waals surface area contributed by atoms with Crippen LogP contribution in [0.5, 0.6) is 0 Å². The number of rotatable bonds is 4. The molecule has 0 saturated carbocycles. The Morgan fingerprint density at radius 1 is 1.47 bits per heavy atom. The number of hydrogen-bond donors (Lipinski definition) is 1. The predicted octanol–water partition coefficient (Wildman–Crippen LogP) is 2.32. The molecule has 5 heteroatoms. The Balaban J connectivity index is 1.98. The first kappa shape index (κ1) is 12.1. The Hall–Kier alpha value is -1.39. The SMILES string of the molecule is CC(NCc1cnnn1C)c1cccc(Cl)c1. The van der Waals surface area contributed by atoms with Gasteiger partial charge in [-0.25, -0.2) is 0 Å². The van der Waals surface area contributed by atoms with E-state index in [0.29, 0.717) is 0 Å². The average molecular weight is 251 g/mol. The summed E-state index contributed by atoms with van der Waals surface area (Å²) in [6.07, 6.45) is 1.76. The molecule has 0 aliphatic rings. The van der Waals surface area contributed by atoms with E-state index in [1.54, 1.807) is 10.9 Å². The second kappa shape index (κ2) is 5.29. The topological polar surface area (TPSA) is 42.7 Å². The standard InChI is InChI=1S/C12H15ClN4/c1-9(10-4-3-5-11(13)6-10)14-7-12-8-15-16-17(12)2/h3-6,8-9,14H,7H2,1-2H3. The van der Waals surface area contributed by atoms with Gasteiger partial charge >= 0.3 is 0 Å². The zero-order valence-corrected chi connectivity index (χ0v) is 10.6. The lowest BCUT2D eigenvalue weighted by atomic mass is 10.1. The van der Waals surface area contributed by atoms with E-state index < -0.39 is 0 Å². The van der Waals surface area contributed by atoms with Crippen molar-refractivity contribution in [3.05, 3.63) is 46.7 Å². The van der Waals surface area contributed by atoms with Crippen molar-refractivity contribution in [3.8, 4) is 0 Å². The van der Waals surface area contributed by atoms with Gasteiger partial charge in [-0.05, 0) is 24.6 Å². The number of aryl methyl sites for hydroxylation is 1. The predicted molar refractivity (Wildman–Crippen MR) is 67.7 cm³/mol. The van der Waals surface area contributed by atoms with Crippen LogP contribution in [0.2, 0.25) is 5.02 Å². The van der Waals surface area contributed by atoms with Crippen molar-refractivity contribution in [2.75, 3.05) is 0 Å². The van der Waals surface area contributed by atoms with E-state index in [9.17, 15) is 0 Å². The average Bonchev–Trinajstić information content (AvgIpc) is 2.72. The molecule has 2 rings (SSSR count). The van der Waals surface area contributed by atoms with E-state index in [1.807, 2.05) is 25.2 Å². The molecule has 1 aromatic heterocycles. The summed E-state index contributed by atoms with van der Waals surface area (Å²) in [7, 11) is 1.88. The number of aromatic nitrogens is 3. The van der Waals surface area contributed by atoms with E-state index in [2.05, 4.69) is 28.6 Å². The number of nitrogens with one attached hydrogen (secondary N) is 1. The van der Waals surface area contributed by atoms with Gasteiger partial charge in [-0.1, -0.05) is 28.9 Å². The first-order valence-electron chi connectivity index (χ1n) is 5.49. The summed E-state index contributed by atoms with van der Waals surface area (Å²) in [5.41, 5.74) is 2.23. The van der Waals surface area contributed by atoms with Crippen LogP contribution in [0.15, 0.2) is 30.5 Å². The summed E-state index contributed by atoms with van der Waals surface area (Å²) < 4.78 is 1.76. The Morgan fingerprint density at radius 2 is 2.29 bits per heavy atom. The third kappa shape index (κ3) is 3.05. The molecule has 0 bridgehead atoms. The highest BCUT2D eigenvalue weighted by Crippen LogP contribution is 2.17. The van der Waals surface area contributed by atoms with Crippen molar-refractivity contribution >= 4 is 11.6 Å². The van der Waals surface area contributed by atoms with Crippen LogP contribution in [0.3, 0.4) is 0 Å². The van der Waals surface area contributed by atoms with Crippen LogP contribution >= 0.6 is 11.6 Å². The summed E-state index contributed by atoms with van der Waals surface area (Å²) in [6.45, 7) is 2.84. The fourth-order valence-electron chi connectivity index (χ4n) is 1.62. The highest BCUT2D eigenvalue weighted by molar-refractivity contribution is 6.30. The summed E-state index contributed by atoms with van der Waals surface area (Å²) in [5, 5.41) is 11.9. The van der Waals surface area contributed by atoms with E-state index in [-0.39, 0.29) is 6.04 Å². The van der Waals surface area contributed by atoms with Crippen molar-refractivity contribution in [2.45, 2.75) is 19.5 Å². The van der Waals surface area contributed by atoms with Gasteiger partial charge in [0.15, 0.2) is 0 Å². The smallest absolute Gasteiger partial charge is 0.0738 e. The summed E-state index contributed by atoms with van der Waals surface area (Å²) >= 11 is 5.96. The maximum Gasteiger partial charge on any atom is 0.0738 e. The van der Waals surface area contributed by atoms with Gasteiger partial charge in [0.05, 0.1) is 11.9 Å². The molecule has 0 aliphatic heterocycles. The molecule has 1 aromatic carbocycles. The van der Waals surface area contributed by atoms with Gasteiger partial charge in [0.1, 0.15) is 0 Å². The molecule has 1 unspecified atom stereocenters. The molecule has 2 aromatic rings. The molecule has 0 radical (unpaired) electrons. The quantitative estimate of drug-likeness (QED) is 0.906. The molecule has 4 nitrogen and oxygen atoms in total. The Kier molecular flexibility index (Phi) is 3.76. The van der Waals surface area contributed by atoms with Crippen molar-refractivity contribution in [1.29, 1.82) is 0 Å². The molecule has 0 fully saturated rings. The zero-order chi connectivity index (χ0) is 12.3. The van der Waals surface area contributed by atoms with Crippen molar-refractivity contribution in [1.82, 2.24) is 20.3 Å². The minimum atomic E-state index is 0.239. The molecule has 0 amide bonds. The third-order valence-electron chi connectivity index (χ3n) is 2.75. The van der Waals surface area contributed by atoms with Crippen LogP contribution in [0.4, 0.5) is 0 Å². The molecule has 0 saturated heterocycles.